The monoisotopic (exact) mass is 539 g/mol. The fraction of sp³-hybridized carbons (Fsp3) is 0.387. The van der Waals surface area contributed by atoms with Gasteiger partial charge in [0.2, 0.25) is 12.3 Å². The van der Waals surface area contributed by atoms with Crippen molar-refractivity contribution < 1.29 is 18.9 Å². The Morgan fingerprint density at radius 2 is 1.10 bits per heavy atom. The van der Waals surface area contributed by atoms with Crippen molar-refractivity contribution in [2.24, 2.45) is 0 Å². The molecule has 4 aliphatic heterocycles. The Morgan fingerprint density at radius 3 is 1.52 bits per heavy atom. The minimum Gasteiger partial charge on any atom is -0.630 e. The van der Waals surface area contributed by atoms with Gasteiger partial charge in [-0.15, -0.1) is 0 Å². The molecule has 9 heteroatoms. The predicted molar refractivity (Wildman–Crippen MR) is 150 cm³/mol. The van der Waals surface area contributed by atoms with Crippen molar-refractivity contribution in [3.05, 3.63) is 99.7 Å². The van der Waals surface area contributed by atoms with E-state index >= 15 is 0 Å². The maximum absolute atomic E-state index is 14.5. The van der Waals surface area contributed by atoms with Gasteiger partial charge in [0, 0.05) is 25.7 Å². The summed E-state index contributed by atoms with van der Waals surface area (Å²) in [4.78, 5) is 35.8. The maximum Gasteiger partial charge on any atom is 0.290 e. The van der Waals surface area contributed by atoms with Crippen molar-refractivity contribution in [2.75, 3.05) is 22.9 Å². The van der Waals surface area contributed by atoms with Gasteiger partial charge in [0.05, 0.1) is 24.5 Å². The fourth-order valence-electron chi connectivity index (χ4n) is 7.61. The van der Waals surface area contributed by atoms with E-state index in [4.69, 9.17) is 4.98 Å². The Morgan fingerprint density at radius 1 is 0.675 bits per heavy atom. The van der Waals surface area contributed by atoms with Crippen molar-refractivity contribution >= 4 is 23.2 Å². The van der Waals surface area contributed by atoms with E-state index in [1.807, 2.05) is 68.4 Å². The maximum atomic E-state index is 14.5. The molecule has 5 heterocycles. The third kappa shape index (κ3) is 3.38. The molecule has 206 valence electrons. The van der Waals surface area contributed by atoms with Crippen LogP contribution in [0.25, 0.3) is 0 Å². The topological polar surface area (TPSA) is 99.6 Å². The number of hydrogen-bond acceptors (Lipinski definition) is 5. The number of amides is 2. The largest absolute Gasteiger partial charge is 0.630 e. The van der Waals surface area contributed by atoms with Crippen LogP contribution in [0.3, 0.4) is 0 Å². The molecule has 7 rings (SSSR count). The Bertz CT molecular complexity index is 1420. The third-order valence-electron chi connectivity index (χ3n) is 9.46. The zero-order valence-electron chi connectivity index (χ0n) is 22.8. The molecule has 3 aromatic rings. The molecule has 4 aliphatic rings. The number of carbonyl (C=O) groups is 2. The highest BCUT2D eigenvalue weighted by atomic mass is 16.6. The lowest BCUT2D eigenvalue weighted by atomic mass is 10.1. The normalized spacial score (nSPS) is 33.1. The number of carbonyl (C=O) groups excluding carboxylic acids is 2. The van der Waals surface area contributed by atoms with E-state index in [2.05, 4.69) is 0 Å². The van der Waals surface area contributed by atoms with Gasteiger partial charge in [-0.3, -0.25) is 19.4 Å². The van der Waals surface area contributed by atoms with E-state index in [1.165, 1.54) is 0 Å². The lowest BCUT2D eigenvalue weighted by Gasteiger charge is -2.45. The van der Waals surface area contributed by atoms with Crippen LogP contribution >= 0.6 is 0 Å². The first-order valence-corrected chi connectivity index (χ1v) is 14.2. The average molecular weight is 540 g/mol. The summed E-state index contributed by atoms with van der Waals surface area (Å²) in [6.07, 6.45) is 0.720. The van der Waals surface area contributed by atoms with Gasteiger partial charge in [-0.25, -0.2) is 4.98 Å². The standard InChI is InChI=1S/C31H33N5O4/c1-20-10-3-5-14-24(20)33-28(35(39)18-8-16-26(35)30(33)37)22-12-7-13-23(32-22)29-34(25-15-6-4-11-21(25)2)31(38)27-17-9-19-36(27,29)40/h3-7,10-15,26-29H,8-9,16-19H2,1-2H3/t26?,27?,28?,29?,35-,36-/m1/s1. The predicted octanol–water partition coefficient (Wildman–Crippen LogP) is 4.74. The zero-order chi connectivity index (χ0) is 27.8. The molecule has 0 bridgehead atoms. The van der Waals surface area contributed by atoms with Crippen LogP contribution in [0.4, 0.5) is 11.4 Å². The number of quaternary nitrogens is 2. The molecule has 0 saturated carbocycles. The number of nitrogens with zero attached hydrogens (tertiary/aromatic N) is 5. The van der Waals surface area contributed by atoms with E-state index in [-0.39, 0.29) is 11.8 Å². The molecule has 6 atom stereocenters. The lowest BCUT2D eigenvalue weighted by molar-refractivity contribution is -0.905. The van der Waals surface area contributed by atoms with Gasteiger partial charge in [-0.2, -0.15) is 0 Å². The smallest absolute Gasteiger partial charge is 0.290 e. The highest BCUT2D eigenvalue weighted by Gasteiger charge is 2.61. The van der Waals surface area contributed by atoms with Crippen molar-refractivity contribution in [3.8, 4) is 0 Å². The number of hydrogen-bond donors (Lipinski definition) is 0. The Kier molecular flexibility index (Phi) is 5.66. The van der Waals surface area contributed by atoms with Crippen LogP contribution < -0.4 is 9.80 Å². The number of fused-ring (bicyclic) bond motifs is 2. The summed E-state index contributed by atoms with van der Waals surface area (Å²) < 4.78 is -1.34. The molecular formula is C31H33N5O4. The molecule has 4 fully saturated rings. The highest BCUT2D eigenvalue weighted by molar-refractivity contribution is 6.00. The number of aryl methyl sites for hydroxylation is 2. The van der Waals surface area contributed by atoms with Gasteiger partial charge in [0.15, 0.2) is 12.1 Å². The summed E-state index contributed by atoms with van der Waals surface area (Å²) in [6, 6.07) is 19.2. The molecule has 9 nitrogen and oxygen atoms in total. The first-order valence-electron chi connectivity index (χ1n) is 14.2. The Labute approximate surface area is 233 Å². The van der Waals surface area contributed by atoms with E-state index in [0.717, 1.165) is 11.1 Å². The van der Waals surface area contributed by atoms with E-state index < -0.39 is 33.7 Å². The number of anilines is 2. The van der Waals surface area contributed by atoms with Crippen LogP contribution in [0.15, 0.2) is 66.7 Å². The van der Waals surface area contributed by atoms with Crippen LogP contribution in [0.5, 0.6) is 0 Å². The number of hydroxylamine groups is 6. The minimum absolute atomic E-state index is 0.177. The molecule has 2 aromatic carbocycles. The number of rotatable bonds is 4. The molecule has 40 heavy (non-hydrogen) atoms. The fourth-order valence-corrected chi connectivity index (χ4v) is 7.61. The van der Waals surface area contributed by atoms with E-state index in [9.17, 15) is 20.0 Å². The molecule has 0 N–H and O–H groups in total. The Balaban J connectivity index is 1.38. The van der Waals surface area contributed by atoms with Crippen molar-refractivity contribution in [3.63, 3.8) is 0 Å². The second-order valence-electron chi connectivity index (χ2n) is 11.7. The Hall–Kier alpha value is -3.63. The first kappa shape index (κ1) is 25.3. The van der Waals surface area contributed by atoms with Crippen LogP contribution in [-0.4, -0.2) is 51.3 Å². The van der Waals surface area contributed by atoms with Crippen LogP contribution in [-0.2, 0) is 9.59 Å². The average Bonchev–Trinajstić information content (AvgIpc) is 3.63. The SMILES string of the molecule is Cc1ccccc1N1C(=O)C2CCC[N@+]2([O-])C1c1cccc(C2N(c3ccccc3C)C(=O)C3CCC[N@@+]32[O-])n1. The highest BCUT2D eigenvalue weighted by Crippen LogP contribution is 2.51. The van der Waals surface area contributed by atoms with Gasteiger partial charge in [0.25, 0.3) is 11.8 Å². The van der Waals surface area contributed by atoms with Crippen molar-refractivity contribution in [1.82, 2.24) is 4.98 Å². The zero-order valence-corrected chi connectivity index (χ0v) is 22.8. The molecule has 4 unspecified atom stereocenters. The summed E-state index contributed by atoms with van der Waals surface area (Å²) in [5.41, 5.74) is 4.13. The van der Waals surface area contributed by atoms with Gasteiger partial charge in [-0.1, -0.05) is 42.5 Å². The first-order chi connectivity index (χ1) is 19.3. The molecular weight excluding hydrogens is 506 g/mol. The van der Waals surface area contributed by atoms with Gasteiger partial charge >= 0.3 is 0 Å². The number of pyridine rings is 1. The number of benzene rings is 2. The molecule has 0 aliphatic carbocycles. The number of aromatic nitrogens is 1. The molecule has 4 saturated heterocycles. The summed E-state index contributed by atoms with van der Waals surface area (Å²) in [6.45, 7) is 4.53. The summed E-state index contributed by atoms with van der Waals surface area (Å²) >= 11 is 0. The van der Waals surface area contributed by atoms with Gasteiger partial charge < -0.3 is 19.7 Å². The summed E-state index contributed by atoms with van der Waals surface area (Å²) in [5, 5.41) is 28.9. The van der Waals surface area contributed by atoms with Crippen molar-refractivity contribution in [2.45, 2.75) is 63.9 Å². The number of para-hydroxylation sites is 2. The quantitative estimate of drug-likeness (QED) is 0.352. The van der Waals surface area contributed by atoms with Gasteiger partial charge in [0.1, 0.15) is 11.4 Å². The third-order valence-corrected chi connectivity index (χ3v) is 9.46. The molecule has 0 radical (unpaired) electrons. The van der Waals surface area contributed by atoms with Crippen LogP contribution in [0, 0.1) is 24.3 Å². The minimum atomic E-state index is -0.862. The summed E-state index contributed by atoms with van der Waals surface area (Å²) in [7, 11) is 0. The van der Waals surface area contributed by atoms with Crippen LogP contribution in [0.2, 0.25) is 0 Å². The lowest BCUT2D eigenvalue weighted by Crippen LogP contribution is -2.47. The van der Waals surface area contributed by atoms with Gasteiger partial charge in [-0.05, 0) is 49.2 Å². The van der Waals surface area contributed by atoms with Crippen LogP contribution in [0.1, 0.15) is 60.5 Å². The van der Waals surface area contributed by atoms with E-state index in [0.29, 0.717) is 61.5 Å². The molecule has 1 aromatic heterocycles. The second-order valence-corrected chi connectivity index (χ2v) is 11.7. The van der Waals surface area contributed by atoms with E-state index in [1.54, 1.807) is 21.9 Å². The van der Waals surface area contributed by atoms with Crippen molar-refractivity contribution in [1.29, 1.82) is 0 Å². The molecule has 2 amide bonds. The second kappa shape index (κ2) is 8.94. The summed E-state index contributed by atoms with van der Waals surface area (Å²) in [5.74, 6) is -0.355. The molecule has 0 spiro atoms.